The van der Waals surface area contributed by atoms with Crippen LogP contribution in [0.4, 0.5) is 5.69 Å². The molecule has 29 heavy (non-hydrogen) atoms. The molecule has 0 bridgehead atoms. The number of furan rings is 1. The summed E-state index contributed by atoms with van der Waals surface area (Å²) in [5.74, 6) is -0.0101. The molecule has 2 heterocycles. The Hall–Kier alpha value is -3.59. The van der Waals surface area contributed by atoms with E-state index in [-0.39, 0.29) is 41.0 Å². The molecule has 0 aliphatic rings. The summed E-state index contributed by atoms with van der Waals surface area (Å²) in [6, 6.07) is 16.8. The van der Waals surface area contributed by atoms with Gasteiger partial charge in [-0.05, 0) is 23.6 Å². The van der Waals surface area contributed by atoms with E-state index in [1.165, 1.54) is 6.26 Å². The molecule has 2 aromatic carbocycles. The number of hydrogen-bond donors (Lipinski definition) is 2. The van der Waals surface area contributed by atoms with E-state index in [0.717, 1.165) is 28.2 Å². The molecule has 2 amide bonds. The molecule has 2 N–H and O–H groups in total. The molecular weight excluding hydrogens is 392 g/mol. The highest BCUT2D eigenvalue weighted by Gasteiger charge is 2.13. The van der Waals surface area contributed by atoms with Gasteiger partial charge in [0.05, 0.1) is 18.6 Å². The Morgan fingerprint density at radius 1 is 1.00 bits per heavy atom. The van der Waals surface area contributed by atoms with Crippen LogP contribution in [0.5, 0.6) is 0 Å². The van der Waals surface area contributed by atoms with Crippen LogP contribution in [0.1, 0.15) is 16.4 Å². The Kier molecular flexibility index (Phi) is 5.57. The highest BCUT2D eigenvalue weighted by atomic mass is 32.2. The molecule has 0 aliphatic carbocycles. The molecule has 0 unspecified atom stereocenters. The Bertz CT molecular complexity index is 1140. The number of anilines is 1. The van der Waals surface area contributed by atoms with Crippen molar-refractivity contribution in [3.8, 4) is 0 Å². The Morgan fingerprint density at radius 3 is 2.72 bits per heavy atom. The minimum absolute atomic E-state index is 0.0648. The first kappa shape index (κ1) is 18.8. The van der Waals surface area contributed by atoms with Crippen LogP contribution in [-0.4, -0.2) is 27.8 Å². The average Bonchev–Trinajstić information content (AvgIpc) is 3.43. The van der Waals surface area contributed by atoms with E-state index in [4.69, 9.17) is 8.83 Å². The lowest BCUT2D eigenvalue weighted by Crippen LogP contribution is -2.22. The number of benzene rings is 2. The zero-order valence-corrected chi connectivity index (χ0v) is 15.9. The summed E-state index contributed by atoms with van der Waals surface area (Å²) in [5.41, 5.74) is 0.751. The van der Waals surface area contributed by atoms with Gasteiger partial charge in [-0.3, -0.25) is 9.59 Å². The van der Waals surface area contributed by atoms with E-state index in [1.54, 1.807) is 12.1 Å². The van der Waals surface area contributed by atoms with Gasteiger partial charge in [-0.15, -0.1) is 10.2 Å². The second kappa shape index (κ2) is 8.61. The lowest BCUT2D eigenvalue weighted by molar-refractivity contribution is -0.113. The van der Waals surface area contributed by atoms with Crippen molar-refractivity contribution in [1.82, 2.24) is 15.5 Å². The van der Waals surface area contributed by atoms with Gasteiger partial charge in [0.2, 0.25) is 11.8 Å². The van der Waals surface area contributed by atoms with Gasteiger partial charge in [-0.25, -0.2) is 0 Å². The van der Waals surface area contributed by atoms with Gasteiger partial charge in [-0.1, -0.05) is 48.2 Å². The standard InChI is InChI=1S/C20H16N4O4S/c25-17(22-15-8-3-6-13-5-1-2-7-14(13)15)12-29-20-24-23-18(28-20)11-21-19(26)16-9-4-10-27-16/h1-10H,11-12H2,(H,21,26)(H,22,25). The predicted molar refractivity (Wildman–Crippen MR) is 107 cm³/mol. The number of amides is 2. The minimum atomic E-state index is -0.378. The normalized spacial score (nSPS) is 10.8. The number of carbonyl (C=O) groups is 2. The molecule has 2 aromatic heterocycles. The third-order valence-corrected chi connectivity index (χ3v) is 4.80. The van der Waals surface area contributed by atoms with E-state index in [9.17, 15) is 9.59 Å². The largest absolute Gasteiger partial charge is 0.459 e. The van der Waals surface area contributed by atoms with Crippen LogP contribution in [-0.2, 0) is 11.3 Å². The number of hydrogen-bond acceptors (Lipinski definition) is 7. The van der Waals surface area contributed by atoms with Crippen molar-refractivity contribution < 1.29 is 18.4 Å². The Balaban J connectivity index is 1.29. The number of rotatable bonds is 7. The maximum Gasteiger partial charge on any atom is 0.287 e. The van der Waals surface area contributed by atoms with Crippen LogP contribution in [0.15, 0.2) is 74.9 Å². The summed E-state index contributed by atoms with van der Waals surface area (Å²) in [5, 5.41) is 15.5. The SMILES string of the molecule is O=C(CSc1nnc(CNC(=O)c2ccco2)o1)Nc1cccc2ccccc12. The van der Waals surface area contributed by atoms with Crippen LogP contribution in [0.25, 0.3) is 10.8 Å². The molecule has 0 saturated carbocycles. The molecule has 8 nitrogen and oxygen atoms in total. The fourth-order valence-corrected chi connectivity index (χ4v) is 3.25. The van der Waals surface area contributed by atoms with Crippen molar-refractivity contribution in [3.63, 3.8) is 0 Å². The lowest BCUT2D eigenvalue weighted by atomic mass is 10.1. The van der Waals surface area contributed by atoms with Crippen molar-refractivity contribution in [3.05, 3.63) is 72.5 Å². The van der Waals surface area contributed by atoms with E-state index in [2.05, 4.69) is 20.8 Å². The molecule has 0 atom stereocenters. The zero-order chi connectivity index (χ0) is 20.1. The van der Waals surface area contributed by atoms with E-state index in [1.807, 2.05) is 42.5 Å². The molecule has 0 fully saturated rings. The molecular formula is C20H16N4O4S. The van der Waals surface area contributed by atoms with Crippen LogP contribution in [0.3, 0.4) is 0 Å². The molecule has 0 aliphatic heterocycles. The first-order valence-electron chi connectivity index (χ1n) is 8.73. The van der Waals surface area contributed by atoms with Gasteiger partial charge in [0.15, 0.2) is 5.76 Å². The molecule has 146 valence electrons. The maximum atomic E-state index is 12.3. The highest BCUT2D eigenvalue weighted by Crippen LogP contribution is 2.23. The number of thioether (sulfide) groups is 1. The quantitative estimate of drug-likeness (QED) is 0.451. The second-order valence-electron chi connectivity index (χ2n) is 5.99. The molecule has 0 saturated heterocycles. The first-order chi connectivity index (χ1) is 14.2. The van der Waals surface area contributed by atoms with Crippen molar-refractivity contribution in [1.29, 1.82) is 0 Å². The summed E-state index contributed by atoms with van der Waals surface area (Å²) in [6.45, 7) is 0.0648. The van der Waals surface area contributed by atoms with Crippen LogP contribution in [0, 0.1) is 0 Å². The van der Waals surface area contributed by atoms with E-state index < -0.39 is 0 Å². The fraction of sp³-hybridized carbons (Fsp3) is 0.100. The lowest BCUT2D eigenvalue weighted by Gasteiger charge is -2.07. The summed E-state index contributed by atoms with van der Waals surface area (Å²) in [6.07, 6.45) is 1.42. The van der Waals surface area contributed by atoms with Crippen LogP contribution in [0.2, 0.25) is 0 Å². The van der Waals surface area contributed by atoms with E-state index in [0.29, 0.717) is 0 Å². The molecule has 4 aromatic rings. The van der Waals surface area contributed by atoms with Gasteiger partial charge in [0.1, 0.15) is 0 Å². The van der Waals surface area contributed by atoms with Gasteiger partial charge in [0.25, 0.3) is 11.1 Å². The van der Waals surface area contributed by atoms with Crippen LogP contribution >= 0.6 is 11.8 Å². The average molecular weight is 408 g/mol. The smallest absolute Gasteiger partial charge is 0.287 e. The monoisotopic (exact) mass is 408 g/mol. The van der Waals surface area contributed by atoms with Crippen molar-refractivity contribution in [2.24, 2.45) is 0 Å². The third kappa shape index (κ3) is 4.64. The predicted octanol–water partition coefficient (Wildman–Crippen LogP) is 3.48. The fourth-order valence-electron chi connectivity index (χ4n) is 2.67. The third-order valence-electron chi connectivity index (χ3n) is 3.98. The summed E-state index contributed by atoms with van der Waals surface area (Å²) < 4.78 is 10.4. The van der Waals surface area contributed by atoms with Crippen molar-refractivity contribution >= 4 is 40.0 Å². The molecule has 0 radical (unpaired) electrons. The highest BCUT2D eigenvalue weighted by molar-refractivity contribution is 7.99. The van der Waals surface area contributed by atoms with Gasteiger partial charge >= 0.3 is 0 Å². The number of aromatic nitrogens is 2. The maximum absolute atomic E-state index is 12.3. The van der Waals surface area contributed by atoms with Crippen molar-refractivity contribution in [2.45, 2.75) is 11.8 Å². The van der Waals surface area contributed by atoms with Crippen molar-refractivity contribution in [2.75, 3.05) is 11.1 Å². The summed E-state index contributed by atoms with van der Waals surface area (Å²) >= 11 is 1.12. The summed E-state index contributed by atoms with van der Waals surface area (Å²) in [4.78, 5) is 24.1. The van der Waals surface area contributed by atoms with Gasteiger partial charge < -0.3 is 19.5 Å². The van der Waals surface area contributed by atoms with Gasteiger partial charge in [0, 0.05) is 11.1 Å². The summed E-state index contributed by atoms with van der Waals surface area (Å²) in [7, 11) is 0. The minimum Gasteiger partial charge on any atom is -0.459 e. The number of nitrogens with one attached hydrogen (secondary N) is 2. The molecule has 0 spiro atoms. The zero-order valence-electron chi connectivity index (χ0n) is 15.1. The second-order valence-corrected chi connectivity index (χ2v) is 6.91. The van der Waals surface area contributed by atoms with E-state index >= 15 is 0 Å². The van der Waals surface area contributed by atoms with Gasteiger partial charge in [-0.2, -0.15) is 0 Å². The Morgan fingerprint density at radius 2 is 1.86 bits per heavy atom. The number of nitrogens with zero attached hydrogens (tertiary/aromatic N) is 2. The van der Waals surface area contributed by atoms with Crippen LogP contribution < -0.4 is 10.6 Å². The Labute approximate surface area is 169 Å². The number of carbonyl (C=O) groups excluding carboxylic acids is 2. The first-order valence-corrected chi connectivity index (χ1v) is 9.72. The number of fused-ring (bicyclic) bond motifs is 1. The molecule has 9 heteroatoms. The topological polar surface area (TPSA) is 110 Å². The molecule has 4 rings (SSSR count).